The Morgan fingerprint density at radius 1 is 1.10 bits per heavy atom. The molecule has 2 unspecified atom stereocenters. The molecule has 1 N–H and O–H groups in total. The molecule has 1 saturated carbocycles. The van der Waals surface area contributed by atoms with E-state index in [-0.39, 0.29) is 23.9 Å². The molecule has 1 aliphatic heterocycles. The van der Waals surface area contributed by atoms with E-state index in [2.05, 4.69) is 42.3 Å². The third kappa shape index (κ3) is 3.13. The van der Waals surface area contributed by atoms with Gasteiger partial charge in [0.25, 0.3) is 0 Å². The minimum Gasteiger partial charge on any atom is -0.391 e. The maximum Gasteiger partial charge on any atom is 0.0766 e. The molecular formula is C18H28ClNO. The maximum atomic E-state index is 11.0. The Morgan fingerprint density at radius 2 is 1.76 bits per heavy atom. The van der Waals surface area contributed by atoms with Crippen molar-refractivity contribution in [2.45, 2.75) is 50.0 Å². The number of nitrogens with zero attached hydrogens (tertiary/aromatic N) is 1. The van der Waals surface area contributed by atoms with Crippen LogP contribution in [0, 0.1) is 5.92 Å². The third-order valence-corrected chi connectivity index (χ3v) is 5.63. The number of halogens is 1. The van der Waals surface area contributed by atoms with Gasteiger partial charge in [-0.2, -0.15) is 0 Å². The van der Waals surface area contributed by atoms with Crippen molar-refractivity contribution in [2.75, 3.05) is 20.1 Å². The molecule has 3 rings (SSSR count). The molecule has 2 atom stereocenters. The quantitative estimate of drug-likeness (QED) is 0.902. The minimum absolute atomic E-state index is 0. The van der Waals surface area contributed by atoms with Crippen molar-refractivity contribution in [1.82, 2.24) is 4.90 Å². The van der Waals surface area contributed by atoms with Crippen molar-refractivity contribution in [3.05, 3.63) is 35.9 Å². The number of hydrogen-bond acceptors (Lipinski definition) is 2. The van der Waals surface area contributed by atoms with Gasteiger partial charge in [0.1, 0.15) is 0 Å². The lowest BCUT2D eigenvalue weighted by molar-refractivity contribution is -0.0312. The van der Waals surface area contributed by atoms with Gasteiger partial charge in [-0.15, -0.1) is 12.4 Å². The highest BCUT2D eigenvalue weighted by Crippen LogP contribution is 2.47. The first-order chi connectivity index (χ1) is 9.73. The van der Waals surface area contributed by atoms with Crippen molar-refractivity contribution >= 4 is 12.4 Å². The summed E-state index contributed by atoms with van der Waals surface area (Å²) in [5.41, 5.74) is 1.36. The molecule has 0 radical (unpaired) electrons. The summed E-state index contributed by atoms with van der Waals surface area (Å²) in [7, 11) is 2.12. The van der Waals surface area contributed by atoms with Crippen LogP contribution in [0.1, 0.15) is 44.1 Å². The molecule has 1 aromatic rings. The minimum atomic E-state index is -0.230. The summed E-state index contributed by atoms with van der Waals surface area (Å²) in [6.07, 6.45) is 7.48. The molecule has 0 bridgehead atoms. The number of piperidine rings is 1. The fourth-order valence-corrected chi connectivity index (χ4v) is 4.51. The standard InChI is InChI=1S/C18H27NO.ClH/c1-19-13-12-18(17(20)14-19,15-8-4-2-5-9-15)16-10-6-3-7-11-16;/h2,4-5,8-9,16-17,20H,3,6-7,10-14H2,1H3;1H. The van der Waals surface area contributed by atoms with E-state index in [1.54, 1.807) is 0 Å². The maximum absolute atomic E-state index is 11.0. The molecule has 1 saturated heterocycles. The van der Waals surface area contributed by atoms with Crippen LogP contribution in [0.4, 0.5) is 0 Å². The lowest BCUT2D eigenvalue weighted by Crippen LogP contribution is -2.56. The van der Waals surface area contributed by atoms with Crippen molar-refractivity contribution in [1.29, 1.82) is 0 Å². The third-order valence-electron chi connectivity index (χ3n) is 5.63. The molecule has 0 amide bonds. The first-order valence-electron chi connectivity index (χ1n) is 8.15. The van der Waals surface area contributed by atoms with E-state index >= 15 is 0 Å². The van der Waals surface area contributed by atoms with E-state index < -0.39 is 0 Å². The second-order valence-corrected chi connectivity index (χ2v) is 6.77. The summed E-state index contributed by atoms with van der Waals surface area (Å²) in [5.74, 6) is 0.655. The predicted octanol–water partition coefficient (Wildman–Crippen LogP) is 3.62. The van der Waals surface area contributed by atoms with Crippen LogP contribution in [-0.4, -0.2) is 36.2 Å². The highest BCUT2D eigenvalue weighted by atomic mass is 35.5. The van der Waals surface area contributed by atoms with Gasteiger partial charge in [-0.1, -0.05) is 49.6 Å². The molecule has 1 aliphatic carbocycles. The van der Waals surface area contributed by atoms with E-state index in [1.807, 2.05) is 0 Å². The summed E-state index contributed by atoms with van der Waals surface area (Å²) in [4.78, 5) is 2.27. The Balaban J connectivity index is 0.00000161. The fraction of sp³-hybridized carbons (Fsp3) is 0.667. The zero-order valence-corrected chi connectivity index (χ0v) is 13.8. The molecule has 2 fully saturated rings. The first kappa shape index (κ1) is 16.8. The van der Waals surface area contributed by atoms with Gasteiger partial charge >= 0.3 is 0 Å². The molecule has 1 heterocycles. The monoisotopic (exact) mass is 309 g/mol. The van der Waals surface area contributed by atoms with Crippen LogP contribution < -0.4 is 0 Å². The molecule has 1 aromatic carbocycles. The number of rotatable bonds is 2. The molecule has 0 spiro atoms. The number of aliphatic hydroxyl groups excluding tert-OH is 1. The Labute approximate surface area is 135 Å². The Bertz CT molecular complexity index is 432. The Morgan fingerprint density at radius 3 is 2.38 bits per heavy atom. The van der Waals surface area contributed by atoms with Crippen molar-refractivity contribution in [3.63, 3.8) is 0 Å². The Kier molecular flexibility index (Phi) is 5.70. The number of aliphatic hydroxyl groups is 1. The van der Waals surface area contributed by atoms with Gasteiger partial charge in [0.05, 0.1) is 6.10 Å². The van der Waals surface area contributed by atoms with Crippen LogP contribution >= 0.6 is 12.4 Å². The van der Waals surface area contributed by atoms with E-state index in [0.29, 0.717) is 5.92 Å². The smallest absolute Gasteiger partial charge is 0.0766 e. The lowest BCUT2D eigenvalue weighted by atomic mass is 9.59. The van der Waals surface area contributed by atoms with Gasteiger partial charge in [-0.25, -0.2) is 0 Å². The van der Waals surface area contributed by atoms with E-state index in [1.165, 1.54) is 37.7 Å². The average molecular weight is 310 g/mol. The van der Waals surface area contributed by atoms with Crippen LogP contribution in [0.2, 0.25) is 0 Å². The van der Waals surface area contributed by atoms with Gasteiger partial charge in [0.2, 0.25) is 0 Å². The Hall–Kier alpha value is -0.570. The summed E-state index contributed by atoms with van der Waals surface area (Å²) < 4.78 is 0. The SMILES string of the molecule is CN1CCC(c2ccccc2)(C2CCCCC2)C(O)C1.Cl. The zero-order chi connectivity index (χ0) is 14.0. The molecule has 2 aliphatic rings. The fourth-order valence-electron chi connectivity index (χ4n) is 4.51. The predicted molar refractivity (Wildman–Crippen MR) is 90.1 cm³/mol. The number of likely N-dealkylation sites (N-methyl/N-ethyl adjacent to an activating group) is 1. The molecule has 3 heteroatoms. The number of β-amino-alcohol motifs (C(OH)–C–C–N with tert-alkyl or cyclic N) is 1. The molecular weight excluding hydrogens is 282 g/mol. The second-order valence-electron chi connectivity index (χ2n) is 6.77. The number of benzene rings is 1. The van der Waals surface area contributed by atoms with Gasteiger partial charge in [-0.3, -0.25) is 0 Å². The number of hydrogen-bond donors (Lipinski definition) is 1. The van der Waals surface area contributed by atoms with Crippen LogP contribution in [0.25, 0.3) is 0 Å². The normalized spacial score (nSPS) is 31.6. The van der Waals surface area contributed by atoms with Crippen LogP contribution in [0.3, 0.4) is 0 Å². The topological polar surface area (TPSA) is 23.5 Å². The summed E-state index contributed by atoms with van der Waals surface area (Å²) in [5, 5.41) is 11.0. The number of likely N-dealkylation sites (tertiary alicyclic amines) is 1. The average Bonchev–Trinajstić information content (AvgIpc) is 2.50. The van der Waals surface area contributed by atoms with Gasteiger partial charge in [-0.05, 0) is 44.3 Å². The molecule has 21 heavy (non-hydrogen) atoms. The van der Waals surface area contributed by atoms with Gasteiger partial charge < -0.3 is 10.0 Å². The van der Waals surface area contributed by atoms with Crippen LogP contribution in [0.5, 0.6) is 0 Å². The van der Waals surface area contributed by atoms with Gasteiger partial charge in [0, 0.05) is 12.0 Å². The van der Waals surface area contributed by atoms with Crippen molar-refractivity contribution in [2.24, 2.45) is 5.92 Å². The highest BCUT2D eigenvalue weighted by molar-refractivity contribution is 5.85. The highest BCUT2D eigenvalue weighted by Gasteiger charge is 2.48. The molecule has 2 nitrogen and oxygen atoms in total. The van der Waals surface area contributed by atoms with Crippen molar-refractivity contribution < 1.29 is 5.11 Å². The first-order valence-corrected chi connectivity index (χ1v) is 8.15. The van der Waals surface area contributed by atoms with E-state index in [9.17, 15) is 5.11 Å². The summed E-state index contributed by atoms with van der Waals surface area (Å²) >= 11 is 0. The van der Waals surface area contributed by atoms with Crippen LogP contribution in [0.15, 0.2) is 30.3 Å². The summed E-state index contributed by atoms with van der Waals surface area (Å²) in [6.45, 7) is 1.91. The van der Waals surface area contributed by atoms with E-state index in [4.69, 9.17) is 0 Å². The molecule has 0 aromatic heterocycles. The zero-order valence-electron chi connectivity index (χ0n) is 13.0. The van der Waals surface area contributed by atoms with Gasteiger partial charge in [0.15, 0.2) is 0 Å². The second kappa shape index (κ2) is 7.13. The van der Waals surface area contributed by atoms with E-state index in [0.717, 1.165) is 19.5 Å². The summed E-state index contributed by atoms with van der Waals surface area (Å²) in [6, 6.07) is 10.8. The van der Waals surface area contributed by atoms with Crippen LogP contribution in [-0.2, 0) is 5.41 Å². The largest absolute Gasteiger partial charge is 0.391 e. The molecule has 118 valence electrons. The van der Waals surface area contributed by atoms with Crippen molar-refractivity contribution in [3.8, 4) is 0 Å². The lowest BCUT2D eigenvalue weighted by Gasteiger charge is -2.51.